The number of hydrogen-bond acceptors (Lipinski definition) is 2. The standard InChI is InChI=1S/C26H30O2Si/c1-29(2,24-18-26(20-27,28-19-24)23-16-10-5-11-17-23)25(21-12-6-3-7-13-21)22-14-8-4-9-15-22/h3-17,24-25,27H,18-20H2,1-2H3/t24-,26-/m0/s1. The third-order valence-electron chi connectivity index (χ3n) is 6.75. The highest BCUT2D eigenvalue weighted by Gasteiger charge is 2.50. The highest BCUT2D eigenvalue weighted by atomic mass is 28.3. The number of ether oxygens (including phenoxy) is 1. The summed E-state index contributed by atoms with van der Waals surface area (Å²) < 4.78 is 6.38. The summed E-state index contributed by atoms with van der Waals surface area (Å²) in [5.41, 5.74) is 4.14. The highest BCUT2D eigenvalue weighted by molar-refractivity contribution is 6.80. The zero-order chi connectivity index (χ0) is 20.3. The van der Waals surface area contributed by atoms with Gasteiger partial charge in [-0.15, -0.1) is 0 Å². The van der Waals surface area contributed by atoms with Crippen molar-refractivity contribution in [1.29, 1.82) is 0 Å². The monoisotopic (exact) mass is 402 g/mol. The Kier molecular flexibility index (Phi) is 5.73. The first-order valence-corrected chi connectivity index (χ1v) is 13.6. The van der Waals surface area contributed by atoms with Gasteiger partial charge >= 0.3 is 0 Å². The molecule has 1 aliphatic rings. The maximum Gasteiger partial charge on any atom is 0.116 e. The molecule has 0 amide bonds. The van der Waals surface area contributed by atoms with Crippen LogP contribution < -0.4 is 0 Å². The van der Waals surface area contributed by atoms with Gasteiger partial charge in [-0.1, -0.05) is 104 Å². The molecule has 0 saturated carbocycles. The van der Waals surface area contributed by atoms with E-state index in [9.17, 15) is 5.11 Å². The van der Waals surface area contributed by atoms with E-state index in [-0.39, 0.29) is 6.61 Å². The van der Waals surface area contributed by atoms with Crippen molar-refractivity contribution in [2.24, 2.45) is 0 Å². The van der Waals surface area contributed by atoms with Crippen molar-refractivity contribution >= 4 is 8.07 Å². The minimum Gasteiger partial charge on any atom is -0.393 e. The van der Waals surface area contributed by atoms with Gasteiger partial charge in [-0.05, 0) is 28.7 Å². The molecule has 1 saturated heterocycles. The zero-order valence-electron chi connectivity index (χ0n) is 17.3. The minimum absolute atomic E-state index is 0.0271. The van der Waals surface area contributed by atoms with Crippen molar-refractivity contribution in [3.63, 3.8) is 0 Å². The highest BCUT2D eigenvalue weighted by Crippen LogP contribution is 2.50. The third-order valence-corrected chi connectivity index (χ3v) is 11.4. The SMILES string of the molecule is C[Si](C)(C(c1ccccc1)c1ccccc1)[C@@H]1CO[C@@](CO)(c2ccccc2)C1. The van der Waals surface area contributed by atoms with Crippen molar-refractivity contribution in [3.05, 3.63) is 108 Å². The fraction of sp³-hybridized carbons (Fsp3) is 0.308. The van der Waals surface area contributed by atoms with Crippen LogP contribution >= 0.6 is 0 Å². The molecule has 150 valence electrons. The summed E-state index contributed by atoms with van der Waals surface area (Å²) in [6, 6.07) is 32.0. The summed E-state index contributed by atoms with van der Waals surface area (Å²) in [4.78, 5) is 0. The van der Waals surface area contributed by atoms with E-state index in [0.29, 0.717) is 17.7 Å². The molecule has 2 atom stereocenters. The van der Waals surface area contributed by atoms with Crippen LogP contribution in [-0.2, 0) is 10.3 Å². The lowest BCUT2D eigenvalue weighted by Gasteiger charge is -2.38. The first-order chi connectivity index (χ1) is 14.1. The molecule has 0 spiro atoms. The normalized spacial score (nSPS) is 22.1. The molecule has 1 aliphatic heterocycles. The van der Waals surface area contributed by atoms with Crippen LogP contribution in [0.2, 0.25) is 18.6 Å². The molecule has 0 aromatic heterocycles. The molecule has 1 fully saturated rings. The van der Waals surface area contributed by atoms with Crippen LogP contribution in [0.3, 0.4) is 0 Å². The van der Waals surface area contributed by atoms with E-state index < -0.39 is 13.7 Å². The first-order valence-electron chi connectivity index (χ1n) is 10.5. The predicted octanol–water partition coefficient (Wildman–Crippen LogP) is 5.74. The van der Waals surface area contributed by atoms with Crippen molar-refractivity contribution in [1.82, 2.24) is 0 Å². The van der Waals surface area contributed by atoms with E-state index in [1.165, 1.54) is 11.1 Å². The Morgan fingerprint density at radius 2 is 1.34 bits per heavy atom. The Labute approximate surface area is 175 Å². The molecule has 1 heterocycles. The molecule has 1 N–H and O–H groups in total. The molecule has 0 radical (unpaired) electrons. The summed E-state index contributed by atoms with van der Waals surface area (Å²) in [6.07, 6.45) is 0.878. The average Bonchev–Trinajstić information content (AvgIpc) is 3.23. The molecular formula is C26H30O2Si. The summed E-state index contributed by atoms with van der Waals surface area (Å²) >= 11 is 0. The number of aliphatic hydroxyl groups excluding tert-OH is 1. The van der Waals surface area contributed by atoms with Crippen LogP contribution in [0.4, 0.5) is 0 Å². The van der Waals surface area contributed by atoms with Crippen LogP contribution in [-0.4, -0.2) is 26.4 Å². The summed E-state index contributed by atoms with van der Waals surface area (Å²) in [5, 5.41) is 10.3. The van der Waals surface area contributed by atoms with E-state index in [1.54, 1.807) is 0 Å². The molecule has 3 aromatic rings. The molecule has 29 heavy (non-hydrogen) atoms. The molecule has 3 aromatic carbocycles. The minimum atomic E-state index is -1.86. The van der Waals surface area contributed by atoms with Gasteiger partial charge in [0.2, 0.25) is 0 Å². The van der Waals surface area contributed by atoms with Crippen LogP contribution in [0.15, 0.2) is 91.0 Å². The smallest absolute Gasteiger partial charge is 0.116 e. The van der Waals surface area contributed by atoms with E-state index >= 15 is 0 Å². The van der Waals surface area contributed by atoms with Gasteiger partial charge in [0.25, 0.3) is 0 Å². The van der Waals surface area contributed by atoms with Gasteiger partial charge in [-0.2, -0.15) is 0 Å². The Hall–Kier alpha value is -2.20. The molecule has 2 nitrogen and oxygen atoms in total. The number of rotatable bonds is 6. The molecule has 0 bridgehead atoms. The predicted molar refractivity (Wildman–Crippen MR) is 122 cm³/mol. The van der Waals surface area contributed by atoms with Gasteiger partial charge in [0, 0.05) is 12.1 Å². The number of hydrogen-bond donors (Lipinski definition) is 1. The Morgan fingerprint density at radius 3 is 1.83 bits per heavy atom. The molecule has 4 rings (SSSR count). The van der Waals surface area contributed by atoms with Gasteiger partial charge in [0.1, 0.15) is 5.60 Å². The topological polar surface area (TPSA) is 29.5 Å². The van der Waals surface area contributed by atoms with Crippen molar-refractivity contribution in [2.75, 3.05) is 13.2 Å². The Morgan fingerprint density at radius 1 is 0.862 bits per heavy atom. The van der Waals surface area contributed by atoms with Crippen molar-refractivity contribution in [2.45, 2.75) is 36.2 Å². The second-order valence-corrected chi connectivity index (χ2v) is 13.8. The lowest BCUT2D eigenvalue weighted by molar-refractivity contribution is -0.0429. The summed E-state index contributed by atoms with van der Waals surface area (Å²) in [5.74, 6) is 0. The van der Waals surface area contributed by atoms with E-state index in [4.69, 9.17) is 4.74 Å². The second-order valence-electron chi connectivity index (χ2n) is 8.81. The molecular weight excluding hydrogens is 372 g/mol. The van der Waals surface area contributed by atoms with Gasteiger partial charge in [0.15, 0.2) is 0 Å². The lowest BCUT2D eigenvalue weighted by atomic mass is 9.91. The zero-order valence-corrected chi connectivity index (χ0v) is 18.3. The number of benzene rings is 3. The summed E-state index contributed by atoms with van der Waals surface area (Å²) in [6.45, 7) is 5.72. The van der Waals surface area contributed by atoms with E-state index in [1.807, 2.05) is 18.2 Å². The van der Waals surface area contributed by atoms with E-state index in [0.717, 1.165) is 12.0 Å². The second kappa shape index (κ2) is 8.27. The maximum absolute atomic E-state index is 10.3. The van der Waals surface area contributed by atoms with Crippen LogP contribution in [0.1, 0.15) is 28.7 Å². The van der Waals surface area contributed by atoms with Gasteiger partial charge < -0.3 is 9.84 Å². The number of aliphatic hydroxyl groups is 1. The molecule has 0 aliphatic carbocycles. The van der Waals surface area contributed by atoms with Gasteiger partial charge in [-0.3, -0.25) is 0 Å². The van der Waals surface area contributed by atoms with Gasteiger partial charge in [-0.25, -0.2) is 0 Å². The maximum atomic E-state index is 10.3. The summed E-state index contributed by atoms with van der Waals surface area (Å²) in [7, 11) is -1.86. The quantitative estimate of drug-likeness (QED) is 0.532. The molecule has 3 heteroatoms. The Bertz CT molecular complexity index is 872. The lowest BCUT2D eigenvalue weighted by Crippen LogP contribution is -2.42. The molecule has 0 unspecified atom stereocenters. The largest absolute Gasteiger partial charge is 0.393 e. The van der Waals surface area contributed by atoms with E-state index in [2.05, 4.69) is 85.9 Å². The fourth-order valence-corrected chi connectivity index (χ4v) is 8.92. The third kappa shape index (κ3) is 3.83. The van der Waals surface area contributed by atoms with Crippen molar-refractivity contribution in [3.8, 4) is 0 Å². The van der Waals surface area contributed by atoms with Gasteiger partial charge in [0.05, 0.1) is 14.7 Å². The average molecular weight is 403 g/mol. The first kappa shape index (κ1) is 20.1. The van der Waals surface area contributed by atoms with Crippen LogP contribution in [0.5, 0.6) is 0 Å². The van der Waals surface area contributed by atoms with Crippen LogP contribution in [0, 0.1) is 0 Å². The Balaban J connectivity index is 1.70. The fourth-order valence-electron chi connectivity index (χ4n) is 4.98. The van der Waals surface area contributed by atoms with Crippen molar-refractivity contribution < 1.29 is 9.84 Å². The van der Waals surface area contributed by atoms with Crippen LogP contribution in [0.25, 0.3) is 0 Å².